The maximum absolute atomic E-state index is 5.84. The molecular weight excluding hydrogens is 310 g/mol. The molecule has 0 aliphatic carbocycles. The lowest BCUT2D eigenvalue weighted by molar-refractivity contribution is 1.10. The van der Waals surface area contributed by atoms with Crippen LogP contribution in [-0.2, 0) is 6.54 Å². The van der Waals surface area contributed by atoms with Gasteiger partial charge >= 0.3 is 0 Å². The van der Waals surface area contributed by atoms with Crippen LogP contribution in [-0.4, -0.2) is 9.97 Å². The average molecular weight is 323 g/mol. The summed E-state index contributed by atoms with van der Waals surface area (Å²) in [7, 11) is 0. The first-order chi connectivity index (χ1) is 10.9. The summed E-state index contributed by atoms with van der Waals surface area (Å²) in [6, 6.07) is 14.6. The lowest BCUT2D eigenvalue weighted by atomic mass is 10.1. The molecule has 22 heavy (non-hydrogen) atoms. The number of nitrogens with zero attached hydrogens (tertiary/aromatic N) is 2. The first-order valence-electron chi connectivity index (χ1n) is 6.93. The van der Waals surface area contributed by atoms with Crippen molar-refractivity contribution < 1.29 is 0 Å². The molecule has 108 valence electrons. The van der Waals surface area contributed by atoms with Crippen molar-refractivity contribution in [2.24, 2.45) is 5.73 Å². The van der Waals surface area contributed by atoms with Gasteiger partial charge in [0.05, 0.1) is 15.9 Å². The van der Waals surface area contributed by atoms with E-state index in [9.17, 15) is 0 Å². The number of rotatable bonds is 3. The summed E-state index contributed by atoms with van der Waals surface area (Å²) in [4.78, 5) is 11.3. The molecule has 0 unspecified atom stereocenters. The number of thiophene rings is 2. The highest BCUT2D eigenvalue weighted by molar-refractivity contribution is 7.22. The van der Waals surface area contributed by atoms with Gasteiger partial charge in [0.1, 0.15) is 6.33 Å². The second kappa shape index (κ2) is 5.61. The van der Waals surface area contributed by atoms with E-state index in [0.29, 0.717) is 6.54 Å². The van der Waals surface area contributed by atoms with Gasteiger partial charge < -0.3 is 5.73 Å². The molecule has 0 radical (unpaired) electrons. The van der Waals surface area contributed by atoms with E-state index in [1.165, 1.54) is 10.4 Å². The minimum absolute atomic E-state index is 0.537. The van der Waals surface area contributed by atoms with Crippen LogP contribution in [0.1, 0.15) is 4.88 Å². The Hall–Kier alpha value is -2.08. The van der Waals surface area contributed by atoms with Crippen LogP contribution >= 0.6 is 22.7 Å². The zero-order valence-electron chi connectivity index (χ0n) is 11.7. The summed E-state index contributed by atoms with van der Waals surface area (Å²) < 4.78 is 1.12. The van der Waals surface area contributed by atoms with Gasteiger partial charge in [-0.2, -0.15) is 0 Å². The van der Waals surface area contributed by atoms with Gasteiger partial charge in [-0.05, 0) is 23.1 Å². The largest absolute Gasteiger partial charge is 0.326 e. The van der Waals surface area contributed by atoms with Crippen LogP contribution in [0.25, 0.3) is 31.9 Å². The van der Waals surface area contributed by atoms with E-state index in [1.807, 2.05) is 6.07 Å². The van der Waals surface area contributed by atoms with E-state index in [2.05, 4.69) is 51.7 Å². The third-order valence-electron chi connectivity index (χ3n) is 3.56. The van der Waals surface area contributed by atoms with Crippen molar-refractivity contribution >= 4 is 32.9 Å². The lowest BCUT2D eigenvalue weighted by Gasteiger charge is -2.01. The van der Waals surface area contributed by atoms with Crippen molar-refractivity contribution in [2.75, 3.05) is 0 Å². The number of hydrogen-bond donors (Lipinski definition) is 1. The fourth-order valence-corrected chi connectivity index (χ4v) is 4.38. The van der Waals surface area contributed by atoms with Gasteiger partial charge in [-0.25, -0.2) is 9.97 Å². The molecule has 0 bridgehead atoms. The number of aromatic nitrogens is 2. The van der Waals surface area contributed by atoms with E-state index in [-0.39, 0.29) is 0 Å². The quantitative estimate of drug-likeness (QED) is 0.602. The monoisotopic (exact) mass is 323 g/mol. The van der Waals surface area contributed by atoms with Crippen LogP contribution in [0.4, 0.5) is 0 Å². The summed E-state index contributed by atoms with van der Waals surface area (Å²) in [6.07, 6.45) is 1.64. The van der Waals surface area contributed by atoms with E-state index in [1.54, 1.807) is 29.0 Å². The second-order valence-electron chi connectivity index (χ2n) is 4.87. The van der Waals surface area contributed by atoms with Gasteiger partial charge in [-0.15, -0.1) is 22.7 Å². The summed E-state index contributed by atoms with van der Waals surface area (Å²) in [5.41, 5.74) is 10.2. The Morgan fingerprint density at radius 2 is 1.91 bits per heavy atom. The molecule has 3 nitrogen and oxygen atoms in total. The summed E-state index contributed by atoms with van der Waals surface area (Å²) in [5, 5.41) is 2.07. The molecule has 2 N–H and O–H groups in total. The van der Waals surface area contributed by atoms with E-state index in [0.717, 1.165) is 26.4 Å². The molecule has 3 aromatic heterocycles. The maximum Gasteiger partial charge on any atom is 0.116 e. The molecule has 0 spiro atoms. The van der Waals surface area contributed by atoms with Gasteiger partial charge in [0.25, 0.3) is 0 Å². The highest BCUT2D eigenvalue weighted by Gasteiger charge is 2.14. The fraction of sp³-hybridized carbons (Fsp3) is 0.0588. The molecule has 0 atom stereocenters. The third kappa shape index (κ3) is 2.23. The van der Waals surface area contributed by atoms with Crippen molar-refractivity contribution in [3.8, 4) is 21.7 Å². The number of fused-ring (bicyclic) bond motifs is 1. The van der Waals surface area contributed by atoms with Crippen LogP contribution < -0.4 is 5.73 Å². The van der Waals surface area contributed by atoms with Crippen molar-refractivity contribution in [3.63, 3.8) is 0 Å². The van der Waals surface area contributed by atoms with Crippen molar-refractivity contribution in [1.82, 2.24) is 9.97 Å². The standard InChI is InChI=1S/C17H13N3S2/c18-9-15-12(6-7-21-15)16-17-13(19-10-20-16)8-14(22-17)11-4-2-1-3-5-11/h1-8,10H,9,18H2. The van der Waals surface area contributed by atoms with Crippen molar-refractivity contribution in [1.29, 1.82) is 0 Å². The Kier molecular flexibility index (Phi) is 3.46. The summed E-state index contributed by atoms with van der Waals surface area (Å²) >= 11 is 3.41. The normalized spacial score (nSPS) is 11.1. The molecule has 4 rings (SSSR count). The van der Waals surface area contributed by atoms with Gasteiger partial charge in [0.15, 0.2) is 0 Å². The van der Waals surface area contributed by atoms with Gasteiger partial charge in [-0.3, -0.25) is 0 Å². The smallest absolute Gasteiger partial charge is 0.116 e. The minimum Gasteiger partial charge on any atom is -0.326 e. The summed E-state index contributed by atoms with van der Waals surface area (Å²) in [5.74, 6) is 0. The minimum atomic E-state index is 0.537. The molecule has 0 aliphatic heterocycles. The lowest BCUT2D eigenvalue weighted by Crippen LogP contribution is -1.95. The molecule has 5 heteroatoms. The molecule has 0 fully saturated rings. The molecule has 4 aromatic rings. The Bertz CT molecular complexity index is 925. The molecule has 0 saturated heterocycles. The van der Waals surface area contributed by atoms with Crippen molar-refractivity contribution in [3.05, 3.63) is 59.0 Å². The van der Waals surface area contributed by atoms with Crippen LogP contribution in [0, 0.1) is 0 Å². The average Bonchev–Trinajstić information content (AvgIpc) is 3.21. The molecule has 0 saturated carbocycles. The van der Waals surface area contributed by atoms with Crippen LogP contribution in [0.2, 0.25) is 0 Å². The first-order valence-corrected chi connectivity index (χ1v) is 8.63. The van der Waals surface area contributed by atoms with Crippen LogP contribution in [0.15, 0.2) is 54.2 Å². The number of benzene rings is 1. The van der Waals surface area contributed by atoms with E-state index >= 15 is 0 Å². The zero-order chi connectivity index (χ0) is 14.9. The van der Waals surface area contributed by atoms with Crippen LogP contribution in [0.3, 0.4) is 0 Å². The zero-order valence-corrected chi connectivity index (χ0v) is 13.3. The molecular formula is C17H13N3S2. The molecule has 0 amide bonds. The Morgan fingerprint density at radius 3 is 2.73 bits per heavy atom. The number of nitrogens with two attached hydrogens (primary N) is 1. The van der Waals surface area contributed by atoms with Gasteiger partial charge in [-0.1, -0.05) is 30.3 Å². The molecule has 0 aliphatic rings. The highest BCUT2D eigenvalue weighted by Crippen LogP contribution is 2.38. The third-order valence-corrected chi connectivity index (χ3v) is 5.68. The van der Waals surface area contributed by atoms with Crippen molar-refractivity contribution in [2.45, 2.75) is 6.54 Å². The summed E-state index contributed by atoms with van der Waals surface area (Å²) in [6.45, 7) is 0.537. The first kappa shape index (κ1) is 13.6. The maximum atomic E-state index is 5.84. The molecule has 1 aromatic carbocycles. The predicted octanol–water partition coefficient (Wildman–Crippen LogP) is 4.55. The van der Waals surface area contributed by atoms with Gasteiger partial charge in [0.2, 0.25) is 0 Å². The Balaban J connectivity index is 1.92. The Morgan fingerprint density at radius 1 is 1.05 bits per heavy atom. The SMILES string of the molecule is NCc1sccc1-c1ncnc2cc(-c3ccccc3)sc12. The van der Waals surface area contributed by atoms with Crippen LogP contribution in [0.5, 0.6) is 0 Å². The fourth-order valence-electron chi connectivity index (χ4n) is 2.50. The van der Waals surface area contributed by atoms with Gasteiger partial charge in [0, 0.05) is 21.9 Å². The van der Waals surface area contributed by atoms with E-state index < -0.39 is 0 Å². The topological polar surface area (TPSA) is 51.8 Å². The second-order valence-corrected chi connectivity index (χ2v) is 6.93. The Labute approximate surface area is 136 Å². The van der Waals surface area contributed by atoms with E-state index in [4.69, 9.17) is 5.73 Å². The molecule has 3 heterocycles. The highest BCUT2D eigenvalue weighted by atomic mass is 32.1. The number of hydrogen-bond acceptors (Lipinski definition) is 5. The predicted molar refractivity (Wildman–Crippen MR) is 94.1 cm³/mol.